The van der Waals surface area contributed by atoms with Gasteiger partial charge in [0.15, 0.2) is 0 Å². The zero-order valence-corrected chi connectivity index (χ0v) is 15.7. The van der Waals surface area contributed by atoms with Gasteiger partial charge in [0.05, 0.1) is 23.6 Å². The van der Waals surface area contributed by atoms with E-state index in [-0.39, 0.29) is 18.6 Å². The number of rotatable bonds is 6. The normalized spacial score (nSPS) is 10.2. The van der Waals surface area contributed by atoms with Crippen LogP contribution in [0.25, 0.3) is 22.0 Å². The largest absolute Gasteiger partial charge is 0.493 e. The van der Waals surface area contributed by atoms with Crippen LogP contribution >= 0.6 is 11.6 Å². The topological polar surface area (TPSA) is 99.6 Å². The molecule has 1 aromatic heterocycles. The maximum Gasteiger partial charge on any atom is 0.337 e. The van der Waals surface area contributed by atoms with E-state index in [9.17, 15) is 14.7 Å². The van der Waals surface area contributed by atoms with Crippen LogP contribution in [0, 0.1) is 0 Å². The fourth-order valence-electron chi connectivity index (χ4n) is 2.53. The number of ether oxygens (including phenoxy) is 1. The molecule has 0 unspecified atom stereocenters. The average molecular weight is 390 g/mol. The maximum absolute atomic E-state index is 11.3. The first-order valence-electron chi connectivity index (χ1n) is 8.44. The van der Waals surface area contributed by atoms with Gasteiger partial charge in [-0.05, 0) is 29.8 Å². The molecule has 3 aromatic rings. The van der Waals surface area contributed by atoms with Crippen molar-refractivity contribution in [2.75, 3.05) is 6.61 Å². The number of hydrogen-bond acceptors (Lipinski definition) is 3. The summed E-state index contributed by atoms with van der Waals surface area (Å²) >= 11 is 6.32. The number of benzene rings is 2. The highest BCUT2D eigenvalue weighted by molar-refractivity contribution is 6.34. The summed E-state index contributed by atoms with van der Waals surface area (Å²) in [4.78, 5) is 24.7. The Hall–Kier alpha value is -2.99. The van der Waals surface area contributed by atoms with Gasteiger partial charge in [-0.25, -0.2) is 4.79 Å². The van der Waals surface area contributed by atoms with E-state index in [2.05, 4.69) is 4.98 Å². The number of fused-ring (bicyclic) bond motifs is 1. The lowest BCUT2D eigenvalue weighted by atomic mass is 10.0. The quantitative estimate of drug-likeness (QED) is 0.546. The minimum Gasteiger partial charge on any atom is -0.493 e. The fourth-order valence-corrected chi connectivity index (χ4v) is 2.80. The zero-order valence-electron chi connectivity index (χ0n) is 15.0. The number of aliphatic carboxylic acids is 1. The average Bonchev–Trinajstić information content (AvgIpc) is 3.06. The predicted octanol–water partition coefficient (Wildman–Crippen LogP) is 5.07. The van der Waals surface area contributed by atoms with Crippen LogP contribution in [-0.2, 0) is 4.79 Å². The number of aromatic nitrogens is 1. The second kappa shape index (κ2) is 9.09. The molecule has 6 nitrogen and oxygen atoms in total. The number of aromatic carboxylic acids is 1. The lowest BCUT2D eigenvalue weighted by Gasteiger charge is -2.08. The standard InChI is InChI=1S/C18H14ClNO5.C2H6/c19-15-8-16-13(14(9-20-16)18(23)24)7-12(15)10-1-3-11(4-2-10)25-6-5-17(21)22;1-2/h1-4,7-9,20H,5-6H2,(H,21,22)(H,23,24);1-2H3. The van der Waals surface area contributed by atoms with Crippen LogP contribution in [-0.4, -0.2) is 33.7 Å². The highest BCUT2D eigenvalue weighted by Crippen LogP contribution is 2.34. The third-order valence-electron chi connectivity index (χ3n) is 3.75. The summed E-state index contributed by atoms with van der Waals surface area (Å²) in [5.41, 5.74) is 2.34. The van der Waals surface area contributed by atoms with Crippen LogP contribution in [0.2, 0.25) is 5.02 Å². The van der Waals surface area contributed by atoms with Crippen LogP contribution in [0.4, 0.5) is 0 Å². The first-order valence-corrected chi connectivity index (χ1v) is 8.82. The molecule has 2 aromatic carbocycles. The Labute approximate surface area is 161 Å². The summed E-state index contributed by atoms with van der Waals surface area (Å²) in [6.07, 6.45) is 1.36. The van der Waals surface area contributed by atoms with E-state index in [1.807, 2.05) is 13.8 Å². The van der Waals surface area contributed by atoms with E-state index < -0.39 is 11.9 Å². The smallest absolute Gasteiger partial charge is 0.337 e. The molecule has 3 N–H and O–H groups in total. The van der Waals surface area contributed by atoms with Gasteiger partial charge in [0.25, 0.3) is 0 Å². The monoisotopic (exact) mass is 389 g/mol. The van der Waals surface area contributed by atoms with E-state index in [4.69, 9.17) is 21.4 Å². The molecule has 0 amide bonds. The Kier molecular flexibility index (Phi) is 6.85. The number of carboxylic acids is 2. The number of nitrogens with one attached hydrogen (secondary N) is 1. The van der Waals surface area contributed by atoms with E-state index in [1.165, 1.54) is 6.20 Å². The number of aromatic amines is 1. The summed E-state index contributed by atoms with van der Waals surface area (Å²) in [6.45, 7) is 4.09. The summed E-state index contributed by atoms with van der Waals surface area (Å²) < 4.78 is 5.35. The molecule has 0 radical (unpaired) electrons. The summed E-state index contributed by atoms with van der Waals surface area (Å²) in [7, 11) is 0. The molecule has 0 fully saturated rings. The van der Waals surface area contributed by atoms with Crippen molar-refractivity contribution in [1.29, 1.82) is 0 Å². The summed E-state index contributed by atoms with van der Waals surface area (Å²) in [6, 6.07) is 10.4. The molecule has 0 atom stereocenters. The highest BCUT2D eigenvalue weighted by atomic mass is 35.5. The maximum atomic E-state index is 11.3. The molecule has 0 aliphatic rings. The molecule has 0 saturated heterocycles. The lowest BCUT2D eigenvalue weighted by Crippen LogP contribution is -2.04. The van der Waals surface area contributed by atoms with Crippen LogP contribution < -0.4 is 4.74 Å². The first kappa shape index (κ1) is 20.3. The van der Waals surface area contributed by atoms with Gasteiger partial charge >= 0.3 is 11.9 Å². The summed E-state index contributed by atoms with van der Waals surface area (Å²) in [5.74, 6) is -1.38. The van der Waals surface area contributed by atoms with Crippen molar-refractivity contribution < 1.29 is 24.5 Å². The minimum absolute atomic E-state index is 0.0737. The van der Waals surface area contributed by atoms with E-state index in [1.54, 1.807) is 36.4 Å². The molecule has 0 saturated carbocycles. The number of halogens is 1. The van der Waals surface area contributed by atoms with Crippen LogP contribution in [0.5, 0.6) is 5.75 Å². The number of H-pyrrole nitrogens is 1. The summed E-state index contributed by atoms with van der Waals surface area (Å²) in [5, 5.41) is 18.9. The zero-order chi connectivity index (χ0) is 20.0. The van der Waals surface area contributed by atoms with Crippen LogP contribution in [0.15, 0.2) is 42.6 Å². The Balaban J connectivity index is 0.00000126. The number of carboxylic acid groups (broad SMARTS) is 2. The van der Waals surface area contributed by atoms with E-state index >= 15 is 0 Å². The van der Waals surface area contributed by atoms with Gasteiger partial charge in [0.2, 0.25) is 0 Å². The van der Waals surface area contributed by atoms with Crippen molar-refractivity contribution in [1.82, 2.24) is 4.98 Å². The Bertz CT molecular complexity index is 947. The van der Waals surface area contributed by atoms with Gasteiger partial charge in [-0.2, -0.15) is 0 Å². The second-order valence-electron chi connectivity index (χ2n) is 5.40. The van der Waals surface area contributed by atoms with Gasteiger partial charge in [-0.15, -0.1) is 0 Å². The van der Waals surface area contributed by atoms with E-state index in [0.717, 1.165) is 5.56 Å². The molecule has 7 heteroatoms. The molecule has 0 bridgehead atoms. The Morgan fingerprint density at radius 3 is 2.37 bits per heavy atom. The predicted molar refractivity (Wildman–Crippen MR) is 105 cm³/mol. The van der Waals surface area contributed by atoms with Crippen molar-refractivity contribution in [3.8, 4) is 16.9 Å². The van der Waals surface area contributed by atoms with Gasteiger partial charge in [-0.3, -0.25) is 4.79 Å². The van der Waals surface area contributed by atoms with Crippen LogP contribution in [0.1, 0.15) is 30.6 Å². The third kappa shape index (κ3) is 4.80. The molecule has 142 valence electrons. The molecule has 27 heavy (non-hydrogen) atoms. The van der Waals surface area contributed by atoms with Crippen molar-refractivity contribution in [2.24, 2.45) is 0 Å². The van der Waals surface area contributed by atoms with Gasteiger partial charge in [0.1, 0.15) is 5.75 Å². The fraction of sp³-hybridized carbons (Fsp3) is 0.200. The molecule has 3 rings (SSSR count). The molecular weight excluding hydrogens is 370 g/mol. The Morgan fingerprint density at radius 1 is 1.11 bits per heavy atom. The van der Waals surface area contributed by atoms with Crippen molar-refractivity contribution >= 4 is 34.4 Å². The second-order valence-corrected chi connectivity index (χ2v) is 5.81. The Morgan fingerprint density at radius 2 is 1.78 bits per heavy atom. The molecule has 0 spiro atoms. The third-order valence-corrected chi connectivity index (χ3v) is 4.06. The van der Waals surface area contributed by atoms with Crippen molar-refractivity contribution in [2.45, 2.75) is 20.3 Å². The highest BCUT2D eigenvalue weighted by Gasteiger charge is 2.14. The number of carbonyl (C=O) groups is 2. The molecule has 0 aliphatic carbocycles. The van der Waals surface area contributed by atoms with Gasteiger partial charge < -0.3 is 19.9 Å². The SMILES string of the molecule is CC.O=C(O)CCOc1ccc(-c2cc3c(C(=O)O)c[nH]c3cc2Cl)cc1. The van der Waals surface area contributed by atoms with Crippen molar-refractivity contribution in [3.05, 3.63) is 53.2 Å². The van der Waals surface area contributed by atoms with Crippen LogP contribution in [0.3, 0.4) is 0 Å². The first-order chi connectivity index (χ1) is 13.0. The number of hydrogen-bond donors (Lipinski definition) is 3. The van der Waals surface area contributed by atoms with Gasteiger partial charge in [0, 0.05) is 22.7 Å². The molecular formula is C20H20ClNO5. The molecule has 1 heterocycles. The minimum atomic E-state index is -1.01. The molecule has 0 aliphatic heterocycles. The van der Waals surface area contributed by atoms with E-state index in [0.29, 0.717) is 27.2 Å². The lowest BCUT2D eigenvalue weighted by molar-refractivity contribution is -0.137. The van der Waals surface area contributed by atoms with Gasteiger partial charge in [-0.1, -0.05) is 37.6 Å². The van der Waals surface area contributed by atoms with Crippen molar-refractivity contribution in [3.63, 3.8) is 0 Å².